The summed E-state index contributed by atoms with van der Waals surface area (Å²) >= 11 is 0. The number of Topliss-reactive ketones (excluding diaryl/α,β-unsaturated/α-hetero) is 1. The van der Waals surface area contributed by atoms with Crippen molar-refractivity contribution in [2.75, 3.05) is 19.4 Å². The van der Waals surface area contributed by atoms with Crippen LogP contribution in [0.5, 0.6) is 0 Å². The number of nitrogens with zero attached hydrogens (tertiary/aromatic N) is 1. The third-order valence-electron chi connectivity index (χ3n) is 3.19. The zero-order chi connectivity index (χ0) is 16.3. The lowest BCUT2D eigenvalue weighted by atomic mass is 10.1. The Kier molecular flexibility index (Phi) is 4.63. The van der Waals surface area contributed by atoms with Crippen molar-refractivity contribution in [1.29, 1.82) is 0 Å². The van der Waals surface area contributed by atoms with E-state index in [4.69, 9.17) is 0 Å². The average Bonchev–Trinajstić information content (AvgIpc) is 2.47. The number of rotatable bonds is 5. The lowest BCUT2D eigenvalue weighted by Gasteiger charge is -2.17. The Balaban J connectivity index is 2.60. The molecule has 0 fully saturated rings. The number of sulfonamides is 1. The second-order valence-electron chi connectivity index (χ2n) is 5.01. The second-order valence-corrected chi connectivity index (χ2v) is 7.13. The first-order chi connectivity index (χ1) is 10.3. The normalized spacial score (nSPS) is 11.5. The van der Waals surface area contributed by atoms with Gasteiger partial charge in [0.1, 0.15) is 0 Å². The van der Waals surface area contributed by atoms with E-state index in [1.54, 1.807) is 12.1 Å². The van der Waals surface area contributed by atoms with Crippen molar-refractivity contribution in [3.63, 3.8) is 0 Å². The molecule has 116 valence electrons. The number of anilines is 2. The van der Waals surface area contributed by atoms with Gasteiger partial charge in [0.25, 0.3) is 0 Å². The van der Waals surface area contributed by atoms with Crippen LogP contribution in [-0.2, 0) is 10.0 Å². The molecular weight excluding hydrogens is 300 g/mol. The van der Waals surface area contributed by atoms with Gasteiger partial charge >= 0.3 is 0 Å². The van der Waals surface area contributed by atoms with Gasteiger partial charge in [-0.15, -0.1) is 0 Å². The minimum atomic E-state index is -3.69. The summed E-state index contributed by atoms with van der Waals surface area (Å²) in [6, 6.07) is 14.0. The van der Waals surface area contributed by atoms with Gasteiger partial charge in [0.05, 0.1) is 16.1 Å². The van der Waals surface area contributed by atoms with E-state index >= 15 is 0 Å². The van der Waals surface area contributed by atoms with Crippen molar-refractivity contribution in [1.82, 2.24) is 4.31 Å². The fourth-order valence-corrected chi connectivity index (χ4v) is 3.24. The molecule has 0 heterocycles. The number of benzene rings is 2. The van der Waals surface area contributed by atoms with Gasteiger partial charge in [-0.2, -0.15) is 0 Å². The Morgan fingerprint density at radius 3 is 2.18 bits per heavy atom. The van der Waals surface area contributed by atoms with Crippen LogP contribution in [0.15, 0.2) is 53.4 Å². The Morgan fingerprint density at radius 1 is 1.00 bits per heavy atom. The second kappa shape index (κ2) is 6.29. The number of carbonyl (C=O) groups is 1. The summed E-state index contributed by atoms with van der Waals surface area (Å²) in [6.45, 7) is 1.36. The molecule has 0 saturated carbocycles. The molecule has 2 aromatic rings. The van der Waals surface area contributed by atoms with E-state index in [0.29, 0.717) is 5.69 Å². The Bertz CT molecular complexity index is 784. The van der Waals surface area contributed by atoms with E-state index in [-0.39, 0.29) is 16.2 Å². The molecule has 0 aromatic heterocycles. The van der Waals surface area contributed by atoms with Crippen LogP contribution in [0.1, 0.15) is 17.3 Å². The minimum absolute atomic E-state index is 0.00549. The summed E-state index contributed by atoms with van der Waals surface area (Å²) in [5.74, 6) is -0.306. The first-order valence-corrected chi connectivity index (χ1v) is 8.16. The van der Waals surface area contributed by atoms with Crippen LogP contribution in [-0.4, -0.2) is 32.6 Å². The summed E-state index contributed by atoms with van der Waals surface area (Å²) in [5, 5.41) is 3.10. The molecule has 0 aliphatic heterocycles. The SMILES string of the molecule is CC(=O)c1c(Nc2ccccc2)cccc1S(=O)(=O)N(C)C. The van der Waals surface area contributed by atoms with E-state index < -0.39 is 10.0 Å². The van der Waals surface area contributed by atoms with Crippen molar-refractivity contribution in [3.05, 3.63) is 54.1 Å². The van der Waals surface area contributed by atoms with Crippen LogP contribution in [0.25, 0.3) is 0 Å². The van der Waals surface area contributed by atoms with Gasteiger partial charge in [0.15, 0.2) is 5.78 Å². The van der Waals surface area contributed by atoms with Crippen molar-refractivity contribution >= 4 is 27.2 Å². The van der Waals surface area contributed by atoms with E-state index in [1.807, 2.05) is 30.3 Å². The lowest BCUT2D eigenvalue weighted by Crippen LogP contribution is -2.24. The van der Waals surface area contributed by atoms with Crippen LogP contribution < -0.4 is 5.32 Å². The predicted molar refractivity (Wildman–Crippen MR) is 87.0 cm³/mol. The van der Waals surface area contributed by atoms with E-state index in [0.717, 1.165) is 9.99 Å². The quantitative estimate of drug-likeness (QED) is 0.861. The molecule has 5 nitrogen and oxygen atoms in total. The Morgan fingerprint density at radius 2 is 1.64 bits per heavy atom. The molecule has 0 bridgehead atoms. The van der Waals surface area contributed by atoms with Crippen LogP contribution in [0.2, 0.25) is 0 Å². The van der Waals surface area contributed by atoms with Gasteiger partial charge < -0.3 is 5.32 Å². The van der Waals surface area contributed by atoms with Gasteiger partial charge in [-0.05, 0) is 31.2 Å². The van der Waals surface area contributed by atoms with Gasteiger partial charge in [-0.25, -0.2) is 12.7 Å². The zero-order valence-corrected chi connectivity index (χ0v) is 13.5. The maximum absolute atomic E-state index is 12.4. The molecule has 22 heavy (non-hydrogen) atoms. The Labute approximate surface area is 130 Å². The number of carbonyl (C=O) groups excluding carboxylic acids is 1. The number of ketones is 1. The van der Waals surface area contributed by atoms with Gasteiger partial charge in [-0.3, -0.25) is 4.79 Å². The summed E-state index contributed by atoms with van der Waals surface area (Å²) in [4.78, 5) is 12.0. The van der Waals surface area contributed by atoms with Gasteiger partial charge in [0, 0.05) is 19.8 Å². The van der Waals surface area contributed by atoms with Crippen molar-refractivity contribution < 1.29 is 13.2 Å². The lowest BCUT2D eigenvalue weighted by molar-refractivity contribution is 0.101. The third-order valence-corrected chi connectivity index (χ3v) is 5.05. The molecular formula is C16H18N2O3S. The van der Waals surface area contributed by atoms with Crippen LogP contribution in [0.3, 0.4) is 0 Å². The molecule has 2 rings (SSSR count). The maximum atomic E-state index is 12.4. The van der Waals surface area contributed by atoms with Gasteiger partial charge in [-0.1, -0.05) is 24.3 Å². The standard InChI is InChI=1S/C16H18N2O3S/c1-12(19)16-14(17-13-8-5-4-6-9-13)10-7-11-15(16)22(20,21)18(2)3/h4-11,17H,1-3H3. The molecule has 0 radical (unpaired) electrons. The van der Waals surface area contributed by atoms with Crippen molar-refractivity contribution in [2.45, 2.75) is 11.8 Å². The summed E-state index contributed by atoms with van der Waals surface area (Å²) in [6.07, 6.45) is 0. The fraction of sp³-hybridized carbons (Fsp3) is 0.188. The highest BCUT2D eigenvalue weighted by atomic mass is 32.2. The molecule has 0 aliphatic carbocycles. The maximum Gasteiger partial charge on any atom is 0.243 e. The number of hydrogen-bond donors (Lipinski definition) is 1. The summed E-state index contributed by atoms with van der Waals surface area (Å²) in [5.41, 5.74) is 1.42. The predicted octanol–water partition coefficient (Wildman–Crippen LogP) is 2.88. The Hall–Kier alpha value is -2.18. The molecule has 0 saturated heterocycles. The smallest absolute Gasteiger partial charge is 0.243 e. The highest BCUT2D eigenvalue weighted by Gasteiger charge is 2.25. The average molecular weight is 318 g/mol. The highest BCUT2D eigenvalue weighted by molar-refractivity contribution is 7.89. The molecule has 0 atom stereocenters. The first-order valence-electron chi connectivity index (χ1n) is 6.72. The molecule has 6 heteroatoms. The number of nitrogens with one attached hydrogen (secondary N) is 1. The van der Waals surface area contributed by atoms with Crippen LogP contribution in [0, 0.1) is 0 Å². The molecule has 0 aliphatic rings. The highest BCUT2D eigenvalue weighted by Crippen LogP contribution is 2.28. The molecule has 2 aromatic carbocycles. The van der Waals surface area contributed by atoms with E-state index in [9.17, 15) is 13.2 Å². The van der Waals surface area contributed by atoms with Crippen LogP contribution in [0.4, 0.5) is 11.4 Å². The molecule has 1 N–H and O–H groups in total. The summed E-state index contributed by atoms with van der Waals surface area (Å²) in [7, 11) is -0.813. The number of hydrogen-bond acceptors (Lipinski definition) is 4. The molecule has 0 spiro atoms. The fourth-order valence-electron chi connectivity index (χ4n) is 2.09. The van der Waals surface area contributed by atoms with Crippen LogP contribution >= 0.6 is 0 Å². The van der Waals surface area contributed by atoms with E-state index in [2.05, 4.69) is 5.32 Å². The summed E-state index contributed by atoms with van der Waals surface area (Å²) < 4.78 is 25.9. The minimum Gasteiger partial charge on any atom is -0.355 e. The van der Waals surface area contributed by atoms with Gasteiger partial charge in [0.2, 0.25) is 10.0 Å². The molecule has 0 unspecified atom stereocenters. The third kappa shape index (κ3) is 3.18. The van der Waals surface area contributed by atoms with Crippen molar-refractivity contribution in [3.8, 4) is 0 Å². The topological polar surface area (TPSA) is 66.5 Å². The molecule has 0 amide bonds. The largest absolute Gasteiger partial charge is 0.355 e. The first kappa shape index (κ1) is 16.2. The van der Waals surface area contributed by atoms with Crippen molar-refractivity contribution in [2.24, 2.45) is 0 Å². The van der Waals surface area contributed by atoms with E-state index in [1.165, 1.54) is 27.1 Å². The zero-order valence-electron chi connectivity index (χ0n) is 12.7. The number of para-hydroxylation sites is 1. The monoisotopic (exact) mass is 318 g/mol.